The van der Waals surface area contributed by atoms with E-state index in [2.05, 4.69) is 31.2 Å². The van der Waals surface area contributed by atoms with E-state index in [0.29, 0.717) is 11.6 Å². The van der Waals surface area contributed by atoms with Gasteiger partial charge in [0.1, 0.15) is 5.82 Å². The average Bonchev–Trinajstić information content (AvgIpc) is 2.41. The van der Waals surface area contributed by atoms with Crippen LogP contribution in [0.15, 0.2) is 34.9 Å². The summed E-state index contributed by atoms with van der Waals surface area (Å²) in [5, 5.41) is 13.7. The summed E-state index contributed by atoms with van der Waals surface area (Å²) in [6.07, 6.45) is 1.65. The van der Waals surface area contributed by atoms with Gasteiger partial charge in [-0.2, -0.15) is 0 Å². The summed E-state index contributed by atoms with van der Waals surface area (Å²) in [6, 6.07) is 6.15. The third-order valence-corrected chi connectivity index (χ3v) is 3.00. The van der Waals surface area contributed by atoms with Crippen LogP contribution in [0.5, 0.6) is 0 Å². The zero-order chi connectivity index (χ0) is 13.8. The van der Waals surface area contributed by atoms with Crippen molar-refractivity contribution < 1.29 is 4.92 Å². The molecule has 0 atom stereocenters. The van der Waals surface area contributed by atoms with E-state index in [0.717, 1.165) is 16.6 Å². The van der Waals surface area contributed by atoms with Crippen LogP contribution in [-0.4, -0.2) is 21.4 Å². The Morgan fingerprint density at radius 3 is 2.63 bits per heavy atom. The molecule has 0 bridgehead atoms. The molecule has 0 aliphatic carbocycles. The molecular formula is C12H11BrN4O2. The topological polar surface area (TPSA) is 81.0 Å². The Labute approximate surface area is 118 Å². The minimum atomic E-state index is -0.434. The van der Waals surface area contributed by atoms with Gasteiger partial charge in [0.25, 0.3) is 5.69 Å². The number of hydrogen-bond acceptors (Lipinski definition) is 5. The molecule has 0 saturated carbocycles. The SMILES string of the molecule is CCNc1nc(-c2ccc([N+](=O)[O-])cc2)ncc1Br. The second-order valence-electron chi connectivity index (χ2n) is 3.72. The Morgan fingerprint density at radius 1 is 1.37 bits per heavy atom. The van der Waals surface area contributed by atoms with E-state index < -0.39 is 4.92 Å². The summed E-state index contributed by atoms with van der Waals surface area (Å²) < 4.78 is 0.778. The number of aromatic nitrogens is 2. The van der Waals surface area contributed by atoms with Crippen LogP contribution >= 0.6 is 15.9 Å². The summed E-state index contributed by atoms with van der Waals surface area (Å²) in [7, 11) is 0. The Kier molecular flexibility index (Phi) is 4.06. The number of non-ortho nitro benzene ring substituents is 1. The standard InChI is InChI=1S/C12H11BrN4O2/c1-2-14-12-10(13)7-15-11(16-12)8-3-5-9(6-4-8)17(18)19/h3-7H,2H2,1H3,(H,14,15,16). The third-order valence-electron chi connectivity index (χ3n) is 2.42. The van der Waals surface area contributed by atoms with Crippen molar-refractivity contribution in [2.45, 2.75) is 6.92 Å². The lowest BCUT2D eigenvalue weighted by Crippen LogP contribution is -2.02. The zero-order valence-corrected chi connectivity index (χ0v) is 11.7. The van der Waals surface area contributed by atoms with E-state index in [1.54, 1.807) is 18.3 Å². The zero-order valence-electron chi connectivity index (χ0n) is 10.1. The molecule has 0 aliphatic rings. The predicted octanol–water partition coefficient (Wildman–Crippen LogP) is 3.25. The number of rotatable bonds is 4. The molecule has 1 aromatic carbocycles. The van der Waals surface area contributed by atoms with Crippen molar-refractivity contribution in [3.63, 3.8) is 0 Å². The quantitative estimate of drug-likeness (QED) is 0.690. The van der Waals surface area contributed by atoms with Crippen LogP contribution in [0, 0.1) is 10.1 Å². The monoisotopic (exact) mass is 322 g/mol. The normalized spacial score (nSPS) is 10.2. The molecule has 19 heavy (non-hydrogen) atoms. The number of nitrogens with one attached hydrogen (secondary N) is 1. The van der Waals surface area contributed by atoms with Gasteiger partial charge in [0.05, 0.1) is 9.40 Å². The van der Waals surface area contributed by atoms with Crippen molar-refractivity contribution in [2.24, 2.45) is 0 Å². The van der Waals surface area contributed by atoms with E-state index in [1.165, 1.54) is 12.1 Å². The van der Waals surface area contributed by atoms with Crippen LogP contribution in [0.3, 0.4) is 0 Å². The Hall–Kier alpha value is -2.02. The molecule has 0 unspecified atom stereocenters. The molecule has 0 fully saturated rings. The first-order chi connectivity index (χ1) is 9.11. The molecule has 7 heteroatoms. The number of nitro benzene ring substituents is 1. The average molecular weight is 323 g/mol. The van der Waals surface area contributed by atoms with Crippen molar-refractivity contribution in [1.82, 2.24) is 9.97 Å². The predicted molar refractivity (Wildman–Crippen MR) is 76.0 cm³/mol. The minimum absolute atomic E-state index is 0.0489. The second-order valence-corrected chi connectivity index (χ2v) is 4.58. The van der Waals surface area contributed by atoms with Gasteiger partial charge in [0.2, 0.25) is 0 Å². The van der Waals surface area contributed by atoms with E-state index in [1.807, 2.05) is 6.92 Å². The van der Waals surface area contributed by atoms with Gasteiger partial charge in [-0.15, -0.1) is 0 Å². The van der Waals surface area contributed by atoms with E-state index in [-0.39, 0.29) is 5.69 Å². The highest BCUT2D eigenvalue weighted by molar-refractivity contribution is 9.10. The highest BCUT2D eigenvalue weighted by Gasteiger charge is 2.09. The molecule has 98 valence electrons. The highest BCUT2D eigenvalue weighted by Crippen LogP contribution is 2.24. The fourth-order valence-electron chi connectivity index (χ4n) is 1.53. The molecule has 0 aliphatic heterocycles. The molecule has 2 aromatic rings. The van der Waals surface area contributed by atoms with Crippen molar-refractivity contribution in [3.8, 4) is 11.4 Å². The van der Waals surface area contributed by atoms with Gasteiger partial charge < -0.3 is 5.32 Å². The van der Waals surface area contributed by atoms with Crippen LogP contribution in [0.4, 0.5) is 11.5 Å². The molecular weight excluding hydrogens is 312 g/mol. The highest BCUT2D eigenvalue weighted by atomic mass is 79.9. The maximum absolute atomic E-state index is 10.6. The van der Waals surface area contributed by atoms with Gasteiger partial charge in [0.15, 0.2) is 5.82 Å². The largest absolute Gasteiger partial charge is 0.369 e. The Bertz CT molecular complexity index is 601. The molecule has 1 aromatic heterocycles. The fourth-order valence-corrected chi connectivity index (χ4v) is 1.86. The number of benzene rings is 1. The van der Waals surface area contributed by atoms with E-state index in [9.17, 15) is 10.1 Å². The lowest BCUT2D eigenvalue weighted by atomic mass is 10.2. The third kappa shape index (κ3) is 3.05. The van der Waals surface area contributed by atoms with Crippen molar-refractivity contribution >= 4 is 27.4 Å². The molecule has 0 saturated heterocycles. The summed E-state index contributed by atoms with van der Waals surface area (Å²) in [4.78, 5) is 18.7. The van der Waals surface area contributed by atoms with Gasteiger partial charge in [-0.3, -0.25) is 10.1 Å². The fraction of sp³-hybridized carbons (Fsp3) is 0.167. The molecule has 1 heterocycles. The number of nitrogens with zero attached hydrogens (tertiary/aromatic N) is 3. The summed E-state index contributed by atoms with van der Waals surface area (Å²) in [6.45, 7) is 2.72. The smallest absolute Gasteiger partial charge is 0.269 e. The molecule has 6 nitrogen and oxygen atoms in total. The van der Waals surface area contributed by atoms with Crippen LogP contribution in [0.2, 0.25) is 0 Å². The van der Waals surface area contributed by atoms with Gasteiger partial charge in [-0.05, 0) is 35.0 Å². The van der Waals surface area contributed by atoms with Crippen molar-refractivity contribution in [2.75, 3.05) is 11.9 Å². The molecule has 0 spiro atoms. The van der Waals surface area contributed by atoms with E-state index >= 15 is 0 Å². The maximum atomic E-state index is 10.6. The summed E-state index contributed by atoms with van der Waals surface area (Å²) in [5.74, 6) is 1.22. The van der Waals surface area contributed by atoms with Crippen molar-refractivity contribution in [1.29, 1.82) is 0 Å². The van der Waals surface area contributed by atoms with Crippen molar-refractivity contribution in [3.05, 3.63) is 45.0 Å². The van der Waals surface area contributed by atoms with Gasteiger partial charge >= 0.3 is 0 Å². The second kappa shape index (κ2) is 5.75. The number of nitro groups is 1. The lowest BCUT2D eigenvalue weighted by molar-refractivity contribution is -0.384. The first-order valence-corrected chi connectivity index (χ1v) is 6.42. The van der Waals surface area contributed by atoms with Gasteiger partial charge in [-0.25, -0.2) is 9.97 Å². The number of anilines is 1. The Balaban J connectivity index is 2.35. The summed E-state index contributed by atoms with van der Waals surface area (Å²) >= 11 is 3.36. The van der Waals surface area contributed by atoms with Gasteiger partial charge in [-0.1, -0.05) is 0 Å². The van der Waals surface area contributed by atoms with Gasteiger partial charge in [0, 0.05) is 30.4 Å². The number of halogens is 1. The Morgan fingerprint density at radius 2 is 2.05 bits per heavy atom. The minimum Gasteiger partial charge on any atom is -0.369 e. The van der Waals surface area contributed by atoms with Crippen LogP contribution in [-0.2, 0) is 0 Å². The molecule has 0 amide bonds. The first kappa shape index (κ1) is 13.4. The molecule has 1 N–H and O–H groups in total. The molecule has 0 radical (unpaired) electrons. The summed E-state index contributed by atoms with van der Waals surface area (Å²) in [5.41, 5.74) is 0.782. The number of hydrogen-bond donors (Lipinski definition) is 1. The lowest BCUT2D eigenvalue weighted by Gasteiger charge is -2.07. The van der Waals surface area contributed by atoms with Crippen LogP contribution in [0.1, 0.15) is 6.92 Å². The van der Waals surface area contributed by atoms with Crippen LogP contribution in [0.25, 0.3) is 11.4 Å². The first-order valence-electron chi connectivity index (χ1n) is 5.63. The van der Waals surface area contributed by atoms with E-state index in [4.69, 9.17) is 0 Å². The maximum Gasteiger partial charge on any atom is 0.269 e. The van der Waals surface area contributed by atoms with Crippen LogP contribution < -0.4 is 5.32 Å². The molecule has 2 rings (SSSR count).